The van der Waals surface area contributed by atoms with E-state index >= 15 is 0 Å². The van der Waals surface area contributed by atoms with Gasteiger partial charge in [-0.15, -0.1) is 0 Å². The molecule has 0 unspecified atom stereocenters. The molecule has 2 aromatic carbocycles. The van der Waals surface area contributed by atoms with Crippen molar-refractivity contribution in [2.75, 3.05) is 5.32 Å². The summed E-state index contributed by atoms with van der Waals surface area (Å²) in [5.74, 6) is -0.875. The molecule has 1 N–H and O–H groups in total. The van der Waals surface area contributed by atoms with Crippen LogP contribution in [0.4, 0.5) is 10.1 Å². The van der Waals surface area contributed by atoms with E-state index in [0.29, 0.717) is 21.4 Å². The molecular formula is C22H16Br2FN3O. The van der Waals surface area contributed by atoms with Crippen LogP contribution in [-0.2, 0) is 4.79 Å². The molecule has 0 saturated carbocycles. The van der Waals surface area contributed by atoms with Gasteiger partial charge in [0.25, 0.3) is 5.91 Å². The molecule has 1 amide bonds. The normalized spacial score (nSPS) is 11.2. The van der Waals surface area contributed by atoms with Crippen LogP contribution in [0.1, 0.15) is 17.0 Å². The van der Waals surface area contributed by atoms with E-state index in [4.69, 9.17) is 0 Å². The van der Waals surface area contributed by atoms with Gasteiger partial charge in [0.2, 0.25) is 0 Å². The first-order chi connectivity index (χ1) is 13.8. The molecule has 7 heteroatoms. The summed E-state index contributed by atoms with van der Waals surface area (Å²) in [5.41, 5.74) is 3.15. The SMILES string of the molecule is Cc1cc(/C=C(/C#N)C(=O)Nc2ccc(Br)cc2)c(C)n1-c1ccc(Br)cc1F. The van der Waals surface area contributed by atoms with E-state index in [1.54, 1.807) is 41.0 Å². The Labute approximate surface area is 184 Å². The molecule has 0 atom stereocenters. The molecule has 1 heterocycles. The lowest BCUT2D eigenvalue weighted by molar-refractivity contribution is -0.112. The van der Waals surface area contributed by atoms with Gasteiger partial charge in [0, 0.05) is 26.0 Å². The monoisotopic (exact) mass is 515 g/mol. The molecule has 146 valence electrons. The van der Waals surface area contributed by atoms with Gasteiger partial charge in [-0.05, 0) is 74.0 Å². The lowest BCUT2D eigenvalue weighted by Gasteiger charge is -2.11. The molecule has 3 rings (SSSR count). The number of hydrogen-bond acceptors (Lipinski definition) is 2. The largest absolute Gasteiger partial charge is 0.321 e. The number of nitriles is 1. The van der Waals surface area contributed by atoms with Gasteiger partial charge >= 0.3 is 0 Å². The van der Waals surface area contributed by atoms with Crippen LogP contribution in [0.15, 0.2) is 63.0 Å². The Hall–Kier alpha value is -2.69. The number of amides is 1. The Bertz CT molecular complexity index is 1160. The van der Waals surface area contributed by atoms with Crippen molar-refractivity contribution in [2.24, 2.45) is 0 Å². The van der Waals surface area contributed by atoms with Gasteiger partial charge in [0.1, 0.15) is 17.5 Å². The zero-order valence-corrected chi connectivity index (χ0v) is 18.8. The third kappa shape index (κ3) is 4.66. The standard InChI is InChI=1S/C22H16Br2FN3O/c1-13-9-15(14(2)28(13)21-8-5-18(24)11-20(21)25)10-16(12-26)22(29)27-19-6-3-17(23)4-7-19/h3-11H,1-2H3,(H,27,29)/b16-10-. The number of aromatic nitrogens is 1. The highest BCUT2D eigenvalue weighted by Crippen LogP contribution is 2.26. The number of nitrogens with zero attached hydrogens (tertiary/aromatic N) is 2. The number of nitrogens with one attached hydrogen (secondary N) is 1. The molecule has 29 heavy (non-hydrogen) atoms. The summed E-state index contributed by atoms with van der Waals surface area (Å²) in [6, 6.07) is 15.7. The van der Waals surface area contributed by atoms with Gasteiger partial charge in [-0.1, -0.05) is 31.9 Å². The molecule has 3 aromatic rings. The lowest BCUT2D eigenvalue weighted by atomic mass is 10.1. The zero-order valence-electron chi connectivity index (χ0n) is 15.6. The van der Waals surface area contributed by atoms with Crippen molar-refractivity contribution in [3.05, 3.63) is 85.8 Å². The average molecular weight is 517 g/mol. The van der Waals surface area contributed by atoms with Crippen LogP contribution in [0.25, 0.3) is 11.8 Å². The van der Waals surface area contributed by atoms with Crippen molar-refractivity contribution in [3.63, 3.8) is 0 Å². The van der Waals surface area contributed by atoms with E-state index < -0.39 is 5.91 Å². The van der Waals surface area contributed by atoms with Gasteiger partial charge in [0.05, 0.1) is 5.69 Å². The van der Waals surface area contributed by atoms with E-state index in [0.717, 1.165) is 15.9 Å². The summed E-state index contributed by atoms with van der Waals surface area (Å²) in [5, 5.41) is 12.2. The second-order valence-electron chi connectivity index (χ2n) is 6.39. The van der Waals surface area contributed by atoms with Crippen molar-refractivity contribution in [1.82, 2.24) is 4.57 Å². The predicted molar refractivity (Wildman–Crippen MR) is 119 cm³/mol. The van der Waals surface area contributed by atoms with E-state index in [1.165, 1.54) is 12.1 Å². The molecule has 4 nitrogen and oxygen atoms in total. The maximum absolute atomic E-state index is 14.4. The van der Waals surface area contributed by atoms with E-state index in [9.17, 15) is 14.4 Å². The number of benzene rings is 2. The van der Waals surface area contributed by atoms with Crippen LogP contribution in [-0.4, -0.2) is 10.5 Å². The number of carbonyl (C=O) groups is 1. The van der Waals surface area contributed by atoms with Gasteiger partial charge in [-0.25, -0.2) is 4.39 Å². The first-order valence-electron chi connectivity index (χ1n) is 8.63. The Kier molecular flexibility index (Phi) is 6.36. The van der Waals surface area contributed by atoms with Crippen molar-refractivity contribution in [2.45, 2.75) is 13.8 Å². The van der Waals surface area contributed by atoms with Crippen LogP contribution in [0.3, 0.4) is 0 Å². The highest BCUT2D eigenvalue weighted by Gasteiger charge is 2.16. The third-order valence-corrected chi connectivity index (χ3v) is 5.41. The van der Waals surface area contributed by atoms with Gasteiger partial charge in [-0.3, -0.25) is 4.79 Å². The maximum atomic E-state index is 14.4. The summed E-state index contributed by atoms with van der Waals surface area (Å²) in [7, 11) is 0. The summed E-state index contributed by atoms with van der Waals surface area (Å²) in [4.78, 5) is 12.5. The summed E-state index contributed by atoms with van der Waals surface area (Å²) in [6.45, 7) is 3.67. The third-order valence-electron chi connectivity index (χ3n) is 4.39. The molecule has 0 saturated heterocycles. The molecule has 0 radical (unpaired) electrons. The van der Waals surface area contributed by atoms with E-state index in [1.807, 2.05) is 26.0 Å². The van der Waals surface area contributed by atoms with Crippen molar-refractivity contribution in [1.29, 1.82) is 5.26 Å². The minimum atomic E-state index is -0.505. The molecule has 0 aliphatic carbocycles. The Morgan fingerprint density at radius 2 is 1.76 bits per heavy atom. The van der Waals surface area contributed by atoms with E-state index in [2.05, 4.69) is 37.2 Å². The minimum Gasteiger partial charge on any atom is -0.321 e. The first kappa shape index (κ1) is 21.0. The number of aryl methyl sites for hydroxylation is 1. The van der Waals surface area contributed by atoms with Crippen molar-refractivity contribution < 1.29 is 9.18 Å². The highest BCUT2D eigenvalue weighted by molar-refractivity contribution is 9.10. The number of anilines is 1. The van der Waals surface area contributed by atoms with Crippen LogP contribution in [0, 0.1) is 31.0 Å². The van der Waals surface area contributed by atoms with Crippen LogP contribution < -0.4 is 5.32 Å². The van der Waals surface area contributed by atoms with Crippen LogP contribution >= 0.6 is 31.9 Å². The average Bonchev–Trinajstić information content (AvgIpc) is 2.95. The van der Waals surface area contributed by atoms with Gasteiger partial charge in [-0.2, -0.15) is 5.26 Å². The first-order valence-corrected chi connectivity index (χ1v) is 10.2. The van der Waals surface area contributed by atoms with Crippen LogP contribution in [0.5, 0.6) is 0 Å². The number of carbonyl (C=O) groups excluding carboxylic acids is 1. The fourth-order valence-electron chi connectivity index (χ4n) is 3.00. The summed E-state index contributed by atoms with van der Waals surface area (Å²) < 4.78 is 17.7. The molecule has 0 spiro atoms. The highest BCUT2D eigenvalue weighted by atomic mass is 79.9. The van der Waals surface area contributed by atoms with Gasteiger partial charge < -0.3 is 9.88 Å². The molecule has 1 aromatic heterocycles. The Morgan fingerprint density at radius 1 is 1.10 bits per heavy atom. The molecular weight excluding hydrogens is 501 g/mol. The van der Waals surface area contributed by atoms with Gasteiger partial charge in [0.15, 0.2) is 0 Å². The number of hydrogen-bond donors (Lipinski definition) is 1. The predicted octanol–water partition coefficient (Wildman–Crippen LogP) is 6.30. The second-order valence-corrected chi connectivity index (χ2v) is 8.22. The summed E-state index contributed by atoms with van der Waals surface area (Å²) >= 11 is 6.59. The fraction of sp³-hybridized carbons (Fsp3) is 0.0909. The number of halogens is 3. The fourth-order valence-corrected chi connectivity index (χ4v) is 3.60. The molecule has 0 aliphatic rings. The van der Waals surface area contributed by atoms with Crippen LogP contribution in [0.2, 0.25) is 0 Å². The molecule has 0 fully saturated rings. The topological polar surface area (TPSA) is 57.8 Å². The lowest BCUT2D eigenvalue weighted by Crippen LogP contribution is -2.13. The van der Waals surface area contributed by atoms with Crippen molar-refractivity contribution >= 4 is 49.5 Å². The second kappa shape index (κ2) is 8.76. The quantitative estimate of drug-likeness (QED) is 0.326. The Balaban J connectivity index is 1.95. The zero-order chi connectivity index (χ0) is 21.1. The maximum Gasteiger partial charge on any atom is 0.266 e. The number of rotatable bonds is 4. The molecule has 0 aliphatic heterocycles. The smallest absolute Gasteiger partial charge is 0.266 e. The minimum absolute atomic E-state index is 0.0375. The summed E-state index contributed by atoms with van der Waals surface area (Å²) in [6.07, 6.45) is 1.52. The molecule has 0 bridgehead atoms. The Morgan fingerprint density at radius 3 is 2.38 bits per heavy atom. The van der Waals surface area contributed by atoms with E-state index in [-0.39, 0.29) is 11.4 Å². The van der Waals surface area contributed by atoms with Crippen molar-refractivity contribution in [3.8, 4) is 11.8 Å².